The zero-order valence-corrected chi connectivity index (χ0v) is 15.7. The number of carbonyl (C=O) groups excluding carboxylic acids is 1. The highest BCUT2D eigenvalue weighted by Crippen LogP contribution is 2.28. The van der Waals surface area contributed by atoms with Crippen molar-refractivity contribution in [3.63, 3.8) is 0 Å². The molecular formula is C20H26N2O4. The van der Waals surface area contributed by atoms with Crippen LogP contribution in [0.15, 0.2) is 47.1 Å². The minimum absolute atomic E-state index is 0.0383. The lowest BCUT2D eigenvalue weighted by Gasteiger charge is -2.22. The lowest BCUT2D eigenvalue weighted by Crippen LogP contribution is -2.36. The van der Waals surface area contributed by atoms with Crippen molar-refractivity contribution in [2.24, 2.45) is 0 Å². The molecule has 0 aliphatic rings. The first-order chi connectivity index (χ1) is 12.5. The molecule has 1 amide bonds. The Kier molecular flexibility index (Phi) is 7.29. The molecule has 0 aliphatic heterocycles. The van der Waals surface area contributed by atoms with Crippen LogP contribution in [0.3, 0.4) is 0 Å². The second-order valence-electron chi connectivity index (χ2n) is 6.00. The fourth-order valence-corrected chi connectivity index (χ4v) is 2.52. The fraction of sp³-hybridized carbons (Fsp3) is 0.350. The standard InChI is InChI=1S/C20H26N2O4/c1-5-7-15-9-10-18(19(12-15)24-4)26-14-20(23)21-13-16(22(2)3)17-8-6-11-25-17/h5-12,16H,13-14H2,1-4H3,(H,21,23). The van der Waals surface area contributed by atoms with Crippen LogP contribution in [0.1, 0.15) is 24.3 Å². The molecule has 2 aromatic rings. The third-order valence-electron chi connectivity index (χ3n) is 3.89. The van der Waals surface area contributed by atoms with E-state index in [2.05, 4.69) is 5.32 Å². The van der Waals surface area contributed by atoms with Crippen LogP contribution in [0.25, 0.3) is 6.08 Å². The van der Waals surface area contributed by atoms with Crippen molar-refractivity contribution < 1.29 is 18.7 Å². The molecule has 6 nitrogen and oxygen atoms in total. The third kappa shape index (κ3) is 5.39. The van der Waals surface area contributed by atoms with E-state index in [0.717, 1.165) is 11.3 Å². The Hall–Kier alpha value is -2.73. The number of amides is 1. The zero-order valence-electron chi connectivity index (χ0n) is 15.7. The van der Waals surface area contributed by atoms with E-state index in [9.17, 15) is 4.79 Å². The molecule has 2 rings (SSSR count). The maximum absolute atomic E-state index is 12.1. The van der Waals surface area contributed by atoms with Crippen molar-refractivity contribution in [2.45, 2.75) is 13.0 Å². The van der Waals surface area contributed by atoms with Gasteiger partial charge in [-0.1, -0.05) is 18.2 Å². The molecule has 140 valence electrons. The summed E-state index contributed by atoms with van der Waals surface area (Å²) in [6.07, 6.45) is 5.54. The van der Waals surface area contributed by atoms with Gasteiger partial charge in [0.1, 0.15) is 5.76 Å². The summed E-state index contributed by atoms with van der Waals surface area (Å²) < 4.78 is 16.4. The van der Waals surface area contributed by atoms with Gasteiger partial charge in [-0.15, -0.1) is 0 Å². The van der Waals surface area contributed by atoms with Gasteiger partial charge < -0.3 is 19.2 Å². The monoisotopic (exact) mass is 358 g/mol. The van der Waals surface area contributed by atoms with Crippen LogP contribution in [0.4, 0.5) is 0 Å². The number of hydrogen-bond acceptors (Lipinski definition) is 5. The van der Waals surface area contributed by atoms with E-state index in [1.807, 2.05) is 62.3 Å². The maximum Gasteiger partial charge on any atom is 0.258 e. The summed E-state index contributed by atoms with van der Waals surface area (Å²) in [5, 5.41) is 2.87. The van der Waals surface area contributed by atoms with Gasteiger partial charge in [-0.05, 0) is 50.8 Å². The van der Waals surface area contributed by atoms with Crippen molar-refractivity contribution in [3.8, 4) is 11.5 Å². The summed E-state index contributed by atoms with van der Waals surface area (Å²) in [5.74, 6) is 1.72. The number of ether oxygens (including phenoxy) is 2. The van der Waals surface area contributed by atoms with Gasteiger partial charge in [0.25, 0.3) is 5.91 Å². The SMILES string of the molecule is CC=Cc1ccc(OCC(=O)NCC(c2ccco2)N(C)C)c(OC)c1. The first-order valence-corrected chi connectivity index (χ1v) is 8.45. The topological polar surface area (TPSA) is 63.9 Å². The maximum atomic E-state index is 12.1. The second kappa shape index (κ2) is 9.68. The summed E-state index contributed by atoms with van der Waals surface area (Å²) in [5.41, 5.74) is 1.01. The molecule has 0 bridgehead atoms. The quantitative estimate of drug-likeness (QED) is 0.746. The first kappa shape index (κ1) is 19.6. The number of likely N-dealkylation sites (N-methyl/N-ethyl adjacent to an activating group) is 1. The van der Waals surface area contributed by atoms with Gasteiger partial charge in [-0.3, -0.25) is 9.69 Å². The summed E-state index contributed by atoms with van der Waals surface area (Å²) in [4.78, 5) is 14.1. The number of hydrogen-bond donors (Lipinski definition) is 1. The van der Waals surface area contributed by atoms with Crippen molar-refractivity contribution in [1.82, 2.24) is 10.2 Å². The predicted octanol–water partition coefficient (Wildman–Crippen LogP) is 3.12. The van der Waals surface area contributed by atoms with Crippen LogP contribution in [0.2, 0.25) is 0 Å². The molecular weight excluding hydrogens is 332 g/mol. The van der Waals surface area contributed by atoms with Crippen LogP contribution in [0.5, 0.6) is 11.5 Å². The van der Waals surface area contributed by atoms with Crippen molar-refractivity contribution in [1.29, 1.82) is 0 Å². The molecule has 1 aromatic carbocycles. The normalized spacial score (nSPS) is 12.3. The number of benzene rings is 1. The number of furan rings is 1. The largest absolute Gasteiger partial charge is 0.493 e. The van der Waals surface area contributed by atoms with Gasteiger partial charge in [-0.2, -0.15) is 0 Å². The first-order valence-electron chi connectivity index (χ1n) is 8.45. The van der Waals surface area contributed by atoms with Crippen LogP contribution in [-0.2, 0) is 4.79 Å². The van der Waals surface area contributed by atoms with Gasteiger partial charge in [-0.25, -0.2) is 0 Å². The number of allylic oxidation sites excluding steroid dienone is 1. The van der Waals surface area contributed by atoms with E-state index >= 15 is 0 Å². The van der Waals surface area contributed by atoms with E-state index in [-0.39, 0.29) is 18.6 Å². The average molecular weight is 358 g/mol. The van der Waals surface area contributed by atoms with Gasteiger partial charge in [0.2, 0.25) is 0 Å². The number of rotatable bonds is 9. The van der Waals surface area contributed by atoms with Crippen LogP contribution >= 0.6 is 0 Å². The molecule has 1 atom stereocenters. The Bertz CT molecular complexity index is 723. The zero-order chi connectivity index (χ0) is 18.9. The van der Waals surface area contributed by atoms with Gasteiger partial charge in [0.15, 0.2) is 18.1 Å². The molecule has 6 heteroatoms. The number of methoxy groups -OCH3 is 1. The predicted molar refractivity (Wildman–Crippen MR) is 101 cm³/mol. The Morgan fingerprint density at radius 3 is 2.73 bits per heavy atom. The van der Waals surface area contributed by atoms with E-state index in [4.69, 9.17) is 13.9 Å². The second-order valence-corrected chi connectivity index (χ2v) is 6.00. The molecule has 0 radical (unpaired) electrons. The highest BCUT2D eigenvalue weighted by molar-refractivity contribution is 5.77. The minimum Gasteiger partial charge on any atom is -0.493 e. The lowest BCUT2D eigenvalue weighted by atomic mass is 10.2. The molecule has 1 aromatic heterocycles. The number of nitrogens with one attached hydrogen (secondary N) is 1. The van der Waals surface area contributed by atoms with Gasteiger partial charge >= 0.3 is 0 Å². The Morgan fingerprint density at radius 1 is 1.31 bits per heavy atom. The smallest absolute Gasteiger partial charge is 0.258 e. The van der Waals surface area contributed by atoms with Gasteiger partial charge in [0, 0.05) is 6.54 Å². The minimum atomic E-state index is -0.206. The summed E-state index contributed by atoms with van der Waals surface area (Å²) in [6.45, 7) is 2.29. The summed E-state index contributed by atoms with van der Waals surface area (Å²) >= 11 is 0. The van der Waals surface area contributed by atoms with Crippen molar-refractivity contribution in [3.05, 3.63) is 54.0 Å². The molecule has 0 aliphatic carbocycles. The van der Waals surface area contributed by atoms with Crippen LogP contribution in [0, 0.1) is 0 Å². The van der Waals surface area contributed by atoms with E-state index in [0.29, 0.717) is 18.0 Å². The molecule has 0 saturated heterocycles. The van der Waals surface area contributed by atoms with Crippen LogP contribution < -0.4 is 14.8 Å². The third-order valence-corrected chi connectivity index (χ3v) is 3.89. The van der Waals surface area contributed by atoms with Crippen molar-refractivity contribution in [2.75, 3.05) is 34.4 Å². The molecule has 0 fully saturated rings. The highest BCUT2D eigenvalue weighted by Gasteiger charge is 2.18. The Balaban J connectivity index is 1.90. The summed E-state index contributed by atoms with van der Waals surface area (Å²) in [7, 11) is 5.45. The van der Waals surface area contributed by atoms with Crippen LogP contribution in [-0.4, -0.2) is 45.2 Å². The Morgan fingerprint density at radius 2 is 2.12 bits per heavy atom. The molecule has 1 unspecified atom stereocenters. The molecule has 1 N–H and O–H groups in total. The highest BCUT2D eigenvalue weighted by atomic mass is 16.5. The Labute approximate surface area is 154 Å². The van der Waals surface area contributed by atoms with E-state index in [1.54, 1.807) is 19.4 Å². The number of nitrogens with zero attached hydrogens (tertiary/aromatic N) is 1. The molecule has 0 saturated carbocycles. The van der Waals surface area contributed by atoms with Gasteiger partial charge in [0.05, 0.1) is 19.4 Å². The van der Waals surface area contributed by atoms with E-state index < -0.39 is 0 Å². The average Bonchev–Trinajstić information content (AvgIpc) is 3.15. The summed E-state index contributed by atoms with van der Waals surface area (Å²) in [6, 6.07) is 9.27. The molecule has 0 spiro atoms. The van der Waals surface area contributed by atoms with E-state index in [1.165, 1.54) is 0 Å². The lowest BCUT2D eigenvalue weighted by molar-refractivity contribution is -0.123. The molecule has 1 heterocycles. The van der Waals surface area contributed by atoms with Crippen molar-refractivity contribution >= 4 is 12.0 Å². The number of carbonyl (C=O) groups is 1. The fourth-order valence-electron chi connectivity index (χ4n) is 2.52. The molecule has 26 heavy (non-hydrogen) atoms.